The Balaban J connectivity index is 1.62. The summed E-state index contributed by atoms with van der Waals surface area (Å²) < 4.78 is 32.6. The van der Waals surface area contributed by atoms with Gasteiger partial charge in [-0.3, -0.25) is 4.79 Å². The Hall–Kier alpha value is -3.49. The minimum atomic E-state index is -3.99. The van der Waals surface area contributed by atoms with Crippen molar-refractivity contribution in [3.8, 4) is 5.75 Å². The highest BCUT2D eigenvalue weighted by Gasteiger charge is 2.18. The van der Waals surface area contributed by atoms with E-state index in [1.165, 1.54) is 23.5 Å². The third-order valence-corrected chi connectivity index (χ3v) is 6.80. The highest BCUT2D eigenvalue weighted by atomic mass is 32.2. The summed E-state index contributed by atoms with van der Waals surface area (Å²) in [5.74, 6) is 0.150. The maximum Gasteiger partial charge on any atom is 0.339 e. The van der Waals surface area contributed by atoms with Crippen LogP contribution in [0.4, 0.5) is 0 Å². The molecule has 0 saturated heterocycles. The molecule has 0 aliphatic heterocycles. The molecule has 30 heavy (non-hydrogen) atoms. The number of aromatic nitrogens is 2. The van der Waals surface area contributed by atoms with Gasteiger partial charge in [0, 0.05) is 5.56 Å². The second-order valence-electron chi connectivity index (χ2n) is 6.52. The van der Waals surface area contributed by atoms with Gasteiger partial charge in [0.25, 0.3) is 5.56 Å². The van der Waals surface area contributed by atoms with Crippen molar-refractivity contribution < 1.29 is 12.6 Å². The standard InChI is InChI=1S/C22H14N2O4S2/c25-21-20(29-22-23-17-11-5-6-12-18(17)24(21)22)14-15-8-4-7-13-19(15)28-30(26,27)16-9-2-1-3-10-16/h1-14H/b20-14+. The van der Waals surface area contributed by atoms with Crippen LogP contribution in [0.3, 0.4) is 0 Å². The second kappa shape index (κ2) is 7.08. The average Bonchev–Trinajstić information content (AvgIpc) is 3.26. The van der Waals surface area contributed by atoms with Crippen molar-refractivity contribution in [3.63, 3.8) is 0 Å². The number of para-hydroxylation sites is 3. The molecular weight excluding hydrogens is 420 g/mol. The SMILES string of the molecule is O=c1/c(=C\c2ccccc2OS(=O)(=O)c2ccccc2)sc2nc3ccccc3n12. The zero-order valence-electron chi connectivity index (χ0n) is 15.4. The van der Waals surface area contributed by atoms with Crippen molar-refractivity contribution in [1.82, 2.24) is 9.38 Å². The van der Waals surface area contributed by atoms with Crippen LogP contribution in [0, 0.1) is 0 Å². The normalized spacial score (nSPS) is 12.6. The van der Waals surface area contributed by atoms with Crippen molar-refractivity contribution in [2.45, 2.75) is 4.90 Å². The van der Waals surface area contributed by atoms with Crippen LogP contribution >= 0.6 is 11.3 Å². The molecule has 0 aliphatic rings. The molecule has 0 radical (unpaired) electrons. The highest BCUT2D eigenvalue weighted by Crippen LogP contribution is 2.24. The topological polar surface area (TPSA) is 77.7 Å². The van der Waals surface area contributed by atoms with E-state index in [1.54, 1.807) is 52.9 Å². The lowest BCUT2D eigenvalue weighted by Gasteiger charge is -2.09. The van der Waals surface area contributed by atoms with E-state index >= 15 is 0 Å². The number of thiazole rings is 1. The summed E-state index contributed by atoms with van der Waals surface area (Å²) in [6.07, 6.45) is 1.63. The van der Waals surface area contributed by atoms with E-state index in [9.17, 15) is 13.2 Å². The fourth-order valence-electron chi connectivity index (χ4n) is 3.18. The van der Waals surface area contributed by atoms with E-state index < -0.39 is 10.1 Å². The Bertz CT molecular complexity index is 1600. The molecule has 8 heteroatoms. The molecule has 0 unspecified atom stereocenters. The lowest BCUT2D eigenvalue weighted by Crippen LogP contribution is -2.22. The third-order valence-electron chi connectivity index (χ3n) is 4.58. The molecule has 0 spiro atoms. The molecule has 6 nitrogen and oxygen atoms in total. The Morgan fingerprint density at radius 2 is 1.60 bits per heavy atom. The largest absolute Gasteiger partial charge is 0.378 e. The molecule has 0 aliphatic carbocycles. The molecule has 0 fully saturated rings. The van der Waals surface area contributed by atoms with Gasteiger partial charge in [-0.1, -0.05) is 59.9 Å². The number of benzene rings is 3. The molecule has 0 N–H and O–H groups in total. The first-order valence-corrected chi connectivity index (χ1v) is 11.3. The minimum Gasteiger partial charge on any atom is -0.378 e. The maximum absolute atomic E-state index is 13.0. The summed E-state index contributed by atoms with van der Waals surface area (Å²) in [5, 5.41) is 0. The molecule has 2 heterocycles. The van der Waals surface area contributed by atoms with Crippen molar-refractivity contribution in [1.29, 1.82) is 0 Å². The molecule has 5 rings (SSSR count). The van der Waals surface area contributed by atoms with Crippen LogP contribution in [0.5, 0.6) is 5.75 Å². The zero-order chi connectivity index (χ0) is 20.7. The number of rotatable bonds is 4. The first kappa shape index (κ1) is 18.5. The summed E-state index contributed by atoms with van der Waals surface area (Å²) in [6, 6.07) is 22.1. The fourth-order valence-corrected chi connectivity index (χ4v) is 5.13. The smallest absolute Gasteiger partial charge is 0.339 e. The molecule has 2 aromatic heterocycles. The van der Waals surface area contributed by atoms with Crippen molar-refractivity contribution in [2.24, 2.45) is 0 Å². The quantitative estimate of drug-likeness (QED) is 0.406. The minimum absolute atomic E-state index is 0.0605. The van der Waals surface area contributed by atoms with E-state index in [-0.39, 0.29) is 16.2 Å². The Morgan fingerprint density at radius 1 is 0.900 bits per heavy atom. The lowest BCUT2D eigenvalue weighted by atomic mass is 10.2. The van der Waals surface area contributed by atoms with Crippen molar-refractivity contribution >= 4 is 43.5 Å². The fraction of sp³-hybridized carbons (Fsp3) is 0. The number of hydrogen-bond acceptors (Lipinski definition) is 6. The van der Waals surface area contributed by atoms with Gasteiger partial charge in [0.05, 0.1) is 15.6 Å². The van der Waals surface area contributed by atoms with Gasteiger partial charge in [-0.25, -0.2) is 9.38 Å². The van der Waals surface area contributed by atoms with E-state index in [0.29, 0.717) is 15.1 Å². The van der Waals surface area contributed by atoms with Crippen LogP contribution < -0.4 is 14.3 Å². The first-order chi connectivity index (χ1) is 14.5. The van der Waals surface area contributed by atoms with E-state index in [0.717, 1.165) is 11.0 Å². The number of nitrogens with zero attached hydrogens (tertiary/aromatic N) is 2. The van der Waals surface area contributed by atoms with E-state index in [4.69, 9.17) is 4.18 Å². The molecule has 148 valence electrons. The Kier molecular flexibility index (Phi) is 4.38. The average molecular weight is 434 g/mol. The monoisotopic (exact) mass is 434 g/mol. The van der Waals surface area contributed by atoms with Crippen molar-refractivity contribution in [2.75, 3.05) is 0 Å². The first-order valence-electron chi connectivity index (χ1n) is 9.03. The highest BCUT2D eigenvalue weighted by molar-refractivity contribution is 7.87. The van der Waals surface area contributed by atoms with E-state index in [2.05, 4.69) is 4.98 Å². The Morgan fingerprint density at radius 3 is 2.43 bits per heavy atom. The second-order valence-corrected chi connectivity index (χ2v) is 9.08. The maximum atomic E-state index is 13.0. The molecule has 3 aromatic carbocycles. The van der Waals surface area contributed by atoms with Gasteiger partial charge in [-0.15, -0.1) is 0 Å². The van der Waals surface area contributed by atoms with Crippen LogP contribution in [0.15, 0.2) is 88.6 Å². The van der Waals surface area contributed by atoms with Crippen LogP contribution in [0.25, 0.3) is 22.1 Å². The predicted molar refractivity (Wildman–Crippen MR) is 116 cm³/mol. The molecule has 0 bridgehead atoms. The van der Waals surface area contributed by atoms with Gasteiger partial charge in [0.2, 0.25) is 0 Å². The number of imidazole rings is 1. The summed E-state index contributed by atoms with van der Waals surface area (Å²) in [6.45, 7) is 0. The number of fused-ring (bicyclic) bond motifs is 3. The van der Waals surface area contributed by atoms with E-state index in [1.807, 2.05) is 24.3 Å². The third kappa shape index (κ3) is 3.16. The summed E-state index contributed by atoms with van der Waals surface area (Å²) in [7, 11) is -3.99. The van der Waals surface area contributed by atoms with Gasteiger partial charge in [0.1, 0.15) is 10.6 Å². The number of hydrogen-bond donors (Lipinski definition) is 0. The predicted octanol–water partition coefficient (Wildman–Crippen LogP) is 3.22. The van der Waals surface area contributed by atoms with Crippen LogP contribution in [-0.2, 0) is 10.1 Å². The summed E-state index contributed by atoms with van der Waals surface area (Å²) in [5.41, 5.74) is 1.78. The van der Waals surface area contributed by atoms with Crippen molar-refractivity contribution in [3.05, 3.63) is 99.3 Å². The Labute approximate surface area is 175 Å². The molecule has 0 amide bonds. The van der Waals surface area contributed by atoms with Gasteiger partial charge >= 0.3 is 10.1 Å². The van der Waals surface area contributed by atoms with Gasteiger partial charge < -0.3 is 4.18 Å². The zero-order valence-corrected chi connectivity index (χ0v) is 17.1. The van der Waals surface area contributed by atoms with Gasteiger partial charge in [-0.05, 0) is 36.4 Å². The van der Waals surface area contributed by atoms with Gasteiger partial charge in [-0.2, -0.15) is 8.42 Å². The molecular formula is C22H14N2O4S2. The molecule has 0 atom stereocenters. The van der Waals surface area contributed by atoms with Crippen LogP contribution in [0.2, 0.25) is 0 Å². The van der Waals surface area contributed by atoms with Crippen LogP contribution in [-0.4, -0.2) is 17.8 Å². The van der Waals surface area contributed by atoms with Crippen LogP contribution in [0.1, 0.15) is 5.56 Å². The summed E-state index contributed by atoms with van der Waals surface area (Å²) in [4.78, 5) is 18.1. The molecule has 5 aromatic rings. The summed E-state index contributed by atoms with van der Waals surface area (Å²) >= 11 is 1.25. The van der Waals surface area contributed by atoms with Gasteiger partial charge in [0.15, 0.2) is 4.96 Å². The molecule has 0 saturated carbocycles. The lowest BCUT2D eigenvalue weighted by molar-refractivity contribution is 0.485.